The largest absolute Gasteiger partial charge is 0.503 e. The number of carbonyl (C=O) groups excluding carboxylic acids is 1. The van der Waals surface area contributed by atoms with Crippen molar-refractivity contribution in [2.24, 2.45) is 5.41 Å². The molecule has 0 saturated heterocycles. The SMILES string of the molecule is CC(C)(C)C(=O)c1cc2cc(F)c(O)c(F)c2oc1=O.[B]P. The number of Topliss-reactive ketones (excluding diaryl/α,β-unsaturated/α-hetero) is 1. The second-order valence-electron chi connectivity index (χ2n) is 5.47. The van der Waals surface area contributed by atoms with E-state index in [-0.39, 0.29) is 10.9 Å². The van der Waals surface area contributed by atoms with E-state index >= 15 is 0 Å². The van der Waals surface area contributed by atoms with E-state index in [4.69, 9.17) is 9.52 Å². The molecule has 1 N–H and O–H groups in total. The topological polar surface area (TPSA) is 67.5 Å². The third kappa shape index (κ3) is 3.35. The van der Waals surface area contributed by atoms with Crippen LogP contribution in [0.5, 0.6) is 5.75 Å². The van der Waals surface area contributed by atoms with Crippen LogP contribution in [-0.4, -0.2) is 18.5 Å². The molecule has 1 aromatic heterocycles. The first kappa shape index (κ1) is 18.3. The predicted molar refractivity (Wildman–Crippen MR) is 83.3 cm³/mol. The smallest absolute Gasteiger partial charge is 0.347 e. The van der Waals surface area contributed by atoms with Gasteiger partial charge < -0.3 is 9.52 Å². The molecule has 0 fully saturated rings. The molecule has 1 unspecified atom stereocenters. The molecule has 8 heteroatoms. The summed E-state index contributed by atoms with van der Waals surface area (Å²) in [5.74, 6) is -4.29. The fourth-order valence-corrected chi connectivity index (χ4v) is 1.74. The molecule has 1 aromatic carbocycles. The van der Waals surface area contributed by atoms with Crippen molar-refractivity contribution in [1.82, 2.24) is 0 Å². The number of halogens is 2. The molecule has 2 aromatic rings. The maximum absolute atomic E-state index is 13.6. The zero-order chi connectivity index (χ0) is 17.2. The van der Waals surface area contributed by atoms with E-state index < -0.39 is 39.8 Å². The van der Waals surface area contributed by atoms with Gasteiger partial charge in [0.2, 0.25) is 5.82 Å². The lowest BCUT2D eigenvalue weighted by Crippen LogP contribution is -2.26. The third-order valence-corrected chi connectivity index (χ3v) is 2.82. The van der Waals surface area contributed by atoms with Crippen LogP contribution in [0.25, 0.3) is 11.0 Å². The number of carbonyl (C=O) groups is 1. The number of benzene rings is 1. The first-order valence-electron chi connectivity index (χ1n) is 6.16. The second-order valence-corrected chi connectivity index (χ2v) is 5.47. The van der Waals surface area contributed by atoms with Gasteiger partial charge in [-0.2, -0.15) is 13.5 Å². The van der Waals surface area contributed by atoms with Gasteiger partial charge in [-0.15, -0.1) is 0 Å². The molecule has 1 heterocycles. The fourth-order valence-electron chi connectivity index (χ4n) is 1.74. The Bertz CT molecular complexity index is 781. The number of aromatic hydroxyl groups is 1. The first-order valence-corrected chi connectivity index (χ1v) is 6.82. The lowest BCUT2D eigenvalue weighted by atomic mass is 9.87. The molecule has 4 nitrogen and oxygen atoms in total. The molecular weight excluding hydrogens is 312 g/mol. The Kier molecular flexibility index (Phi) is 5.47. The Morgan fingerprint density at radius 2 is 1.82 bits per heavy atom. The number of ketones is 1. The summed E-state index contributed by atoms with van der Waals surface area (Å²) in [6.07, 6.45) is 0. The quantitative estimate of drug-likeness (QED) is 0.379. The van der Waals surface area contributed by atoms with Crippen LogP contribution in [0.3, 0.4) is 0 Å². The summed E-state index contributed by atoms with van der Waals surface area (Å²) in [5, 5.41) is 9.02. The van der Waals surface area contributed by atoms with Crippen LogP contribution in [0.1, 0.15) is 31.1 Å². The van der Waals surface area contributed by atoms with E-state index in [1.54, 1.807) is 20.8 Å². The summed E-state index contributed by atoms with van der Waals surface area (Å²) < 4.78 is 31.6. The average Bonchev–Trinajstić information content (AvgIpc) is 2.46. The molecule has 2 radical (unpaired) electrons. The van der Waals surface area contributed by atoms with Gasteiger partial charge in [-0.3, -0.25) is 4.79 Å². The molecule has 1 atom stereocenters. The zero-order valence-electron chi connectivity index (χ0n) is 12.2. The molecule has 0 spiro atoms. The molecule has 0 aliphatic carbocycles. The van der Waals surface area contributed by atoms with Crippen LogP contribution < -0.4 is 5.63 Å². The van der Waals surface area contributed by atoms with Crippen LogP contribution >= 0.6 is 9.12 Å². The van der Waals surface area contributed by atoms with Crippen molar-refractivity contribution in [1.29, 1.82) is 0 Å². The molecule has 116 valence electrons. The highest BCUT2D eigenvalue weighted by Gasteiger charge is 2.27. The zero-order valence-corrected chi connectivity index (χ0v) is 13.4. The maximum atomic E-state index is 13.6. The van der Waals surface area contributed by atoms with Gasteiger partial charge in [0, 0.05) is 10.8 Å². The predicted octanol–water partition coefficient (Wildman–Crippen LogP) is 2.95. The highest BCUT2D eigenvalue weighted by molar-refractivity contribution is 7.49. The normalized spacial score (nSPS) is 11.0. The summed E-state index contributed by atoms with van der Waals surface area (Å²) in [4.78, 5) is 23.8. The minimum atomic E-state index is -1.37. The van der Waals surface area contributed by atoms with Crippen LogP contribution in [-0.2, 0) is 0 Å². The van der Waals surface area contributed by atoms with Crippen molar-refractivity contribution in [3.8, 4) is 5.75 Å². The number of fused-ring (bicyclic) bond motifs is 1. The van der Waals surface area contributed by atoms with Gasteiger partial charge in [0.25, 0.3) is 0 Å². The van der Waals surface area contributed by atoms with Crippen LogP contribution in [0.2, 0.25) is 0 Å². The maximum Gasteiger partial charge on any atom is 0.347 e. The molecule has 0 saturated carbocycles. The van der Waals surface area contributed by atoms with E-state index in [1.807, 2.05) is 9.12 Å². The van der Waals surface area contributed by atoms with Gasteiger partial charge in [-0.25, -0.2) is 9.18 Å². The lowest BCUT2D eigenvalue weighted by Gasteiger charge is -2.15. The van der Waals surface area contributed by atoms with Crippen LogP contribution in [0, 0.1) is 17.0 Å². The van der Waals surface area contributed by atoms with Gasteiger partial charge in [-0.1, -0.05) is 20.8 Å². The van der Waals surface area contributed by atoms with Crippen molar-refractivity contribution in [2.75, 3.05) is 0 Å². The van der Waals surface area contributed by atoms with Crippen molar-refractivity contribution in [3.63, 3.8) is 0 Å². The van der Waals surface area contributed by atoms with E-state index in [0.29, 0.717) is 0 Å². The fraction of sp³-hybridized carbons (Fsp3) is 0.286. The summed E-state index contributed by atoms with van der Waals surface area (Å²) in [6, 6.07) is 1.87. The van der Waals surface area contributed by atoms with Gasteiger partial charge in [-0.05, 0) is 12.1 Å². The second kappa shape index (κ2) is 6.57. The Morgan fingerprint density at radius 1 is 1.27 bits per heavy atom. The van der Waals surface area contributed by atoms with Gasteiger partial charge in [0.15, 0.2) is 22.9 Å². The third-order valence-electron chi connectivity index (χ3n) is 2.82. The molecule has 0 aliphatic rings. The summed E-state index contributed by atoms with van der Waals surface area (Å²) >= 11 is 0. The van der Waals surface area contributed by atoms with Crippen LogP contribution in [0.15, 0.2) is 21.3 Å². The van der Waals surface area contributed by atoms with E-state index in [1.165, 1.54) is 0 Å². The van der Waals surface area contributed by atoms with Crippen molar-refractivity contribution in [2.45, 2.75) is 20.8 Å². The van der Waals surface area contributed by atoms with E-state index in [2.05, 4.69) is 7.57 Å². The average molecular weight is 326 g/mol. The molecule has 0 bridgehead atoms. The van der Waals surface area contributed by atoms with E-state index in [0.717, 1.165) is 12.1 Å². The molecular formula is C14H14BF2O4P. The summed E-state index contributed by atoms with van der Waals surface area (Å²) in [7, 11) is 6.33. The highest BCUT2D eigenvalue weighted by atomic mass is 31.0. The van der Waals surface area contributed by atoms with Gasteiger partial charge in [0.1, 0.15) is 5.56 Å². The Morgan fingerprint density at radius 3 is 2.32 bits per heavy atom. The Hall–Kier alpha value is -1.75. The molecule has 0 amide bonds. The minimum absolute atomic E-state index is 0.106. The number of phenolic OH excluding ortho intramolecular Hbond substituents is 1. The molecule has 2 rings (SSSR count). The number of hydrogen-bond acceptors (Lipinski definition) is 4. The first-order chi connectivity index (χ1) is 10.1. The van der Waals surface area contributed by atoms with Crippen LogP contribution in [0.4, 0.5) is 8.78 Å². The molecule has 22 heavy (non-hydrogen) atoms. The van der Waals surface area contributed by atoms with E-state index in [9.17, 15) is 18.4 Å². The number of phenols is 1. The lowest BCUT2D eigenvalue weighted by molar-refractivity contribution is 0.0854. The minimum Gasteiger partial charge on any atom is -0.503 e. The summed E-state index contributed by atoms with van der Waals surface area (Å²) in [5.41, 5.74) is -2.73. The number of hydrogen-bond donors (Lipinski definition) is 1. The van der Waals surface area contributed by atoms with Gasteiger partial charge in [0.05, 0.1) is 7.57 Å². The standard InChI is InChI=1S/C14H12F2O4.BH2P/c1-14(2,3)12(18)7-4-6-5-8(15)10(17)9(16)11(6)20-13(7)19;1-2/h4-5,17H,1-3H3;2H2. The molecule has 0 aliphatic heterocycles. The Labute approximate surface area is 129 Å². The number of rotatable bonds is 1. The Balaban J connectivity index is 0.00000116. The van der Waals surface area contributed by atoms with Crippen molar-refractivity contribution in [3.05, 3.63) is 39.8 Å². The van der Waals surface area contributed by atoms with Crippen molar-refractivity contribution >= 4 is 33.4 Å². The monoisotopic (exact) mass is 326 g/mol. The summed E-state index contributed by atoms with van der Waals surface area (Å²) in [6.45, 7) is 4.82. The highest BCUT2D eigenvalue weighted by Crippen LogP contribution is 2.29. The van der Waals surface area contributed by atoms with Crippen molar-refractivity contribution < 1.29 is 23.1 Å². The van der Waals surface area contributed by atoms with Gasteiger partial charge >= 0.3 is 5.63 Å².